The van der Waals surface area contributed by atoms with Crippen molar-refractivity contribution in [3.63, 3.8) is 0 Å². The van der Waals surface area contributed by atoms with E-state index >= 15 is 0 Å². The van der Waals surface area contributed by atoms with Crippen molar-refractivity contribution < 1.29 is 33.0 Å². The van der Waals surface area contributed by atoms with E-state index in [4.69, 9.17) is 9.47 Å². The molecule has 0 bridgehead atoms. The highest BCUT2D eigenvalue weighted by Gasteiger charge is 2.29. The van der Waals surface area contributed by atoms with E-state index in [1.165, 1.54) is 0 Å². The lowest BCUT2D eigenvalue weighted by Crippen LogP contribution is -2.50. The Morgan fingerprint density at radius 3 is 2.73 bits per heavy atom. The molecule has 0 aliphatic carbocycles. The number of benzene rings is 1. The third kappa shape index (κ3) is 8.04. The van der Waals surface area contributed by atoms with Crippen molar-refractivity contribution in [3.8, 4) is 0 Å². The monoisotopic (exact) mass is 468 g/mol. The molecule has 0 aromatic heterocycles. The number of amides is 3. The zero-order valence-electron chi connectivity index (χ0n) is 18.3. The van der Waals surface area contributed by atoms with Crippen molar-refractivity contribution in [1.82, 2.24) is 15.5 Å². The van der Waals surface area contributed by atoms with Crippen LogP contribution in [0.1, 0.15) is 12.8 Å². The minimum Gasteiger partial charge on any atom is -0.394 e. The molecule has 2 aliphatic rings. The molecule has 4 N–H and O–H groups in total. The van der Waals surface area contributed by atoms with Crippen molar-refractivity contribution in [2.45, 2.75) is 31.1 Å². The number of carbonyl (C=O) groups excluding carboxylic acids is 2. The molecule has 9 nitrogen and oxygen atoms in total. The quantitative estimate of drug-likeness (QED) is 0.318. The summed E-state index contributed by atoms with van der Waals surface area (Å²) < 4.78 is 38.0. The van der Waals surface area contributed by atoms with E-state index in [-0.39, 0.29) is 18.0 Å². The van der Waals surface area contributed by atoms with E-state index < -0.39 is 42.5 Å². The second kappa shape index (κ2) is 12.6. The van der Waals surface area contributed by atoms with E-state index in [2.05, 4.69) is 20.9 Å². The Balaban J connectivity index is 1.41. The molecule has 2 aliphatic heterocycles. The predicted octanol–water partition coefficient (Wildman–Crippen LogP) is 0.999. The van der Waals surface area contributed by atoms with Crippen LogP contribution in [0, 0.1) is 11.6 Å². The van der Waals surface area contributed by atoms with Crippen molar-refractivity contribution >= 4 is 17.6 Å². The summed E-state index contributed by atoms with van der Waals surface area (Å²) in [5.41, 5.74) is -0.308. The van der Waals surface area contributed by atoms with Gasteiger partial charge in [-0.3, -0.25) is 9.69 Å². The van der Waals surface area contributed by atoms with E-state index in [0.717, 1.165) is 57.5 Å². The zero-order chi connectivity index (χ0) is 23.6. The summed E-state index contributed by atoms with van der Waals surface area (Å²) in [5, 5.41) is 17.3. The van der Waals surface area contributed by atoms with Gasteiger partial charge in [0.1, 0.15) is 17.7 Å². The average molecular weight is 469 g/mol. The highest BCUT2D eigenvalue weighted by molar-refractivity contribution is 5.89. The lowest BCUT2D eigenvalue weighted by atomic mass is 10.0. The lowest BCUT2D eigenvalue weighted by Gasteiger charge is -2.31. The Labute approximate surface area is 191 Å². The van der Waals surface area contributed by atoms with Gasteiger partial charge in [-0.2, -0.15) is 0 Å². The summed E-state index contributed by atoms with van der Waals surface area (Å²) in [5.74, 6) is -1.64. The van der Waals surface area contributed by atoms with Gasteiger partial charge >= 0.3 is 6.03 Å². The fraction of sp³-hybridized carbons (Fsp3) is 0.545. The highest BCUT2D eigenvalue weighted by Crippen LogP contribution is 2.18. The van der Waals surface area contributed by atoms with E-state index in [1.54, 1.807) is 12.2 Å². The number of nitrogens with one attached hydrogen (secondary N) is 3. The van der Waals surface area contributed by atoms with Crippen LogP contribution in [0.25, 0.3) is 0 Å². The van der Waals surface area contributed by atoms with E-state index in [9.17, 15) is 23.5 Å². The van der Waals surface area contributed by atoms with Crippen LogP contribution >= 0.6 is 0 Å². The van der Waals surface area contributed by atoms with Crippen LogP contribution in [0.4, 0.5) is 19.3 Å². The number of morpholine rings is 1. The summed E-state index contributed by atoms with van der Waals surface area (Å²) in [6.07, 6.45) is 2.81. The molecule has 3 amide bonds. The number of aliphatic hydroxyl groups excluding tert-OH is 1. The molecule has 1 aromatic carbocycles. The predicted molar refractivity (Wildman–Crippen MR) is 117 cm³/mol. The number of urea groups is 1. The Morgan fingerprint density at radius 1 is 1.18 bits per heavy atom. The molecule has 33 heavy (non-hydrogen) atoms. The third-order valence-electron chi connectivity index (χ3n) is 5.40. The molecule has 3 atom stereocenters. The highest BCUT2D eigenvalue weighted by atomic mass is 19.1. The number of anilines is 1. The van der Waals surface area contributed by atoms with Gasteiger partial charge in [-0.25, -0.2) is 13.6 Å². The van der Waals surface area contributed by atoms with Crippen LogP contribution in [0.15, 0.2) is 30.4 Å². The maximum atomic E-state index is 13.7. The second-order valence-electron chi connectivity index (χ2n) is 7.89. The minimum absolute atomic E-state index is 0.0813. The molecule has 1 fully saturated rings. The number of carbonyl (C=O) groups is 2. The first-order valence-corrected chi connectivity index (χ1v) is 11.0. The summed E-state index contributed by atoms with van der Waals surface area (Å²) in [7, 11) is 0. The molecular formula is C22H30F2N4O5. The molecule has 182 valence electrons. The van der Waals surface area contributed by atoms with Gasteiger partial charge in [-0.1, -0.05) is 12.2 Å². The van der Waals surface area contributed by atoms with Gasteiger partial charge in [0.15, 0.2) is 0 Å². The summed E-state index contributed by atoms with van der Waals surface area (Å²) >= 11 is 0. The lowest BCUT2D eigenvalue weighted by molar-refractivity contribution is -0.125. The Hall–Kier alpha value is -2.60. The number of rotatable bonds is 9. The minimum atomic E-state index is -0.794. The number of ether oxygens (including phenoxy) is 2. The number of nitrogens with zero attached hydrogens (tertiary/aromatic N) is 1. The normalized spacial score (nSPS) is 23.2. The maximum Gasteiger partial charge on any atom is 0.319 e. The average Bonchev–Trinajstić information content (AvgIpc) is 2.81. The number of hydrogen-bond donors (Lipinski definition) is 4. The van der Waals surface area contributed by atoms with Gasteiger partial charge in [0.05, 0.1) is 44.1 Å². The van der Waals surface area contributed by atoms with Gasteiger partial charge < -0.3 is 30.5 Å². The van der Waals surface area contributed by atoms with Crippen molar-refractivity contribution in [3.05, 3.63) is 42.0 Å². The Bertz CT molecular complexity index is 835. The molecule has 0 radical (unpaired) electrons. The number of aliphatic hydroxyl groups is 1. The SMILES string of the molecule is O=C(C[C@@H]1C=C[C@@H](NC(=O)Nc2cc(F)ccc2F)[C@@H](CO)O1)NCCCN1CCOCC1. The Morgan fingerprint density at radius 2 is 1.97 bits per heavy atom. The maximum absolute atomic E-state index is 13.7. The van der Waals surface area contributed by atoms with Crippen LogP contribution in [-0.2, 0) is 14.3 Å². The largest absolute Gasteiger partial charge is 0.394 e. The number of halogens is 2. The van der Waals surface area contributed by atoms with E-state index in [1.807, 2.05) is 0 Å². The first kappa shape index (κ1) is 25.0. The van der Waals surface area contributed by atoms with Crippen LogP contribution < -0.4 is 16.0 Å². The van der Waals surface area contributed by atoms with Gasteiger partial charge in [0.2, 0.25) is 5.91 Å². The molecule has 3 rings (SSSR count). The van der Waals surface area contributed by atoms with Crippen LogP contribution in [-0.4, -0.2) is 86.2 Å². The molecule has 1 saturated heterocycles. The molecule has 0 spiro atoms. The fourth-order valence-electron chi connectivity index (χ4n) is 3.65. The van der Waals surface area contributed by atoms with Gasteiger partial charge in [-0.15, -0.1) is 0 Å². The summed E-state index contributed by atoms with van der Waals surface area (Å²) in [6, 6.07) is 1.22. The van der Waals surface area contributed by atoms with E-state index in [0.29, 0.717) is 6.54 Å². The first-order valence-electron chi connectivity index (χ1n) is 11.0. The topological polar surface area (TPSA) is 112 Å². The van der Waals surface area contributed by atoms with Crippen LogP contribution in [0.5, 0.6) is 0 Å². The summed E-state index contributed by atoms with van der Waals surface area (Å²) in [6.45, 7) is 4.33. The second-order valence-corrected chi connectivity index (χ2v) is 7.89. The fourth-order valence-corrected chi connectivity index (χ4v) is 3.65. The van der Waals surface area contributed by atoms with Crippen molar-refractivity contribution in [2.75, 3.05) is 51.3 Å². The molecule has 0 unspecified atom stereocenters. The molecule has 2 heterocycles. The van der Waals surface area contributed by atoms with Crippen molar-refractivity contribution in [2.24, 2.45) is 0 Å². The smallest absolute Gasteiger partial charge is 0.319 e. The molecule has 11 heteroatoms. The Kier molecular flexibility index (Phi) is 9.55. The standard InChI is InChI=1S/C22H30F2N4O5/c23-15-2-4-17(24)19(12-15)27-22(31)26-18-5-3-16(33-20(18)14-29)13-21(30)25-6-1-7-28-8-10-32-11-9-28/h2-5,12,16,18,20,29H,1,6-11,13-14H2,(H,25,30)(H2,26,27,31)/t16-,18+,20+/m0/s1. The molecule has 0 saturated carbocycles. The zero-order valence-corrected chi connectivity index (χ0v) is 18.3. The third-order valence-corrected chi connectivity index (χ3v) is 5.40. The van der Waals surface area contributed by atoms with Gasteiger partial charge in [0, 0.05) is 25.7 Å². The van der Waals surface area contributed by atoms with Crippen molar-refractivity contribution in [1.29, 1.82) is 0 Å². The van der Waals surface area contributed by atoms with Crippen LogP contribution in [0.3, 0.4) is 0 Å². The van der Waals surface area contributed by atoms with Gasteiger partial charge in [-0.05, 0) is 25.1 Å². The summed E-state index contributed by atoms with van der Waals surface area (Å²) in [4.78, 5) is 26.7. The van der Waals surface area contributed by atoms with Crippen LogP contribution in [0.2, 0.25) is 0 Å². The molecular weight excluding hydrogens is 438 g/mol. The van der Waals surface area contributed by atoms with Gasteiger partial charge in [0.25, 0.3) is 0 Å². The molecule has 1 aromatic rings. The first-order chi connectivity index (χ1) is 15.9. The number of hydrogen-bond acceptors (Lipinski definition) is 6.